The number of anilines is 1. The minimum Gasteiger partial charge on any atom is -0.366 e. The van der Waals surface area contributed by atoms with Crippen molar-refractivity contribution in [2.24, 2.45) is 7.05 Å². The van der Waals surface area contributed by atoms with E-state index in [2.05, 4.69) is 10.4 Å². The van der Waals surface area contributed by atoms with E-state index in [0.717, 1.165) is 10.9 Å². The zero-order valence-electron chi connectivity index (χ0n) is 11.1. The van der Waals surface area contributed by atoms with Gasteiger partial charge in [-0.05, 0) is 7.05 Å². The summed E-state index contributed by atoms with van der Waals surface area (Å²) >= 11 is 0. The van der Waals surface area contributed by atoms with Crippen molar-refractivity contribution in [1.82, 2.24) is 14.7 Å². The van der Waals surface area contributed by atoms with Crippen LogP contribution in [-0.4, -0.2) is 53.4 Å². The van der Waals surface area contributed by atoms with Gasteiger partial charge in [-0.2, -0.15) is 18.3 Å². The third-order valence-corrected chi connectivity index (χ3v) is 2.92. The van der Waals surface area contributed by atoms with Gasteiger partial charge in [0.2, 0.25) is 0 Å². The molecule has 1 saturated heterocycles. The van der Waals surface area contributed by atoms with Crippen LogP contribution >= 0.6 is 0 Å². The first-order valence-electron chi connectivity index (χ1n) is 5.99. The fourth-order valence-electron chi connectivity index (χ4n) is 1.94. The molecular formula is C11H15F3N4O2. The Kier molecular flexibility index (Phi) is 4.00. The molecule has 20 heavy (non-hydrogen) atoms. The fraction of sp³-hybridized carbons (Fsp3) is 0.636. The largest absolute Gasteiger partial charge is 0.437 e. The quantitative estimate of drug-likeness (QED) is 0.872. The molecule has 0 aliphatic carbocycles. The molecule has 2 heterocycles. The van der Waals surface area contributed by atoms with Crippen molar-refractivity contribution in [2.45, 2.75) is 12.3 Å². The number of rotatable bonds is 2. The molecule has 0 saturated carbocycles. The summed E-state index contributed by atoms with van der Waals surface area (Å²) < 4.78 is 44.5. The van der Waals surface area contributed by atoms with Crippen LogP contribution in [-0.2, 0) is 22.8 Å². The number of hydrogen-bond donors (Lipinski definition) is 1. The number of ether oxygens (including phenoxy) is 1. The van der Waals surface area contributed by atoms with Crippen molar-refractivity contribution >= 4 is 11.6 Å². The van der Waals surface area contributed by atoms with Crippen LogP contribution in [0.4, 0.5) is 18.9 Å². The van der Waals surface area contributed by atoms with Gasteiger partial charge in [0.15, 0.2) is 5.69 Å². The maximum Gasteiger partial charge on any atom is 0.437 e. The van der Waals surface area contributed by atoms with Gasteiger partial charge in [-0.25, -0.2) is 0 Å². The number of aromatic nitrogens is 2. The molecule has 1 fully saturated rings. The predicted octanol–water partition coefficient (Wildman–Crippen LogP) is 0.708. The third-order valence-electron chi connectivity index (χ3n) is 2.92. The van der Waals surface area contributed by atoms with Crippen LogP contribution in [0.2, 0.25) is 0 Å². The fourth-order valence-corrected chi connectivity index (χ4v) is 1.94. The highest BCUT2D eigenvalue weighted by atomic mass is 19.4. The van der Waals surface area contributed by atoms with Crippen LogP contribution in [0, 0.1) is 0 Å². The van der Waals surface area contributed by atoms with Crippen molar-refractivity contribution in [3.8, 4) is 0 Å². The number of morpholine rings is 1. The lowest BCUT2D eigenvalue weighted by atomic mass is 10.2. The number of halogens is 3. The van der Waals surface area contributed by atoms with Crippen molar-refractivity contribution in [3.63, 3.8) is 0 Å². The number of carbonyl (C=O) groups excluding carboxylic acids is 1. The summed E-state index contributed by atoms with van der Waals surface area (Å²) in [6.07, 6.45) is -4.28. The molecule has 0 bridgehead atoms. The average molecular weight is 292 g/mol. The molecule has 1 unspecified atom stereocenters. The monoisotopic (exact) mass is 292 g/mol. The van der Waals surface area contributed by atoms with Gasteiger partial charge in [-0.3, -0.25) is 9.48 Å². The number of alkyl halides is 3. The topological polar surface area (TPSA) is 59.4 Å². The van der Waals surface area contributed by atoms with E-state index in [1.807, 2.05) is 11.9 Å². The Hall–Kier alpha value is -1.61. The first kappa shape index (κ1) is 14.8. The zero-order chi connectivity index (χ0) is 14.9. The van der Waals surface area contributed by atoms with Crippen LogP contribution in [0.1, 0.15) is 5.69 Å². The van der Waals surface area contributed by atoms with Gasteiger partial charge in [0.1, 0.15) is 6.10 Å². The van der Waals surface area contributed by atoms with E-state index in [9.17, 15) is 18.0 Å². The van der Waals surface area contributed by atoms with Crippen molar-refractivity contribution in [2.75, 3.05) is 32.1 Å². The molecule has 1 aliphatic rings. The molecule has 1 amide bonds. The van der Waals surface area contributed by atoms with E-state index < -0.39 is 23.9 Å². The number of amides is 1. The molecule has 0 radical (unpaired) electrons. The van der Waals surface area contributed by atoms with E-state index in [4.69, 9.17) is 4.74 Å². The van der Waals surface area contributed by atoms with Gasteiger partial charge in [-0.15, -0.1) is 0 Å². The minimum absolute atomic E-state index is 0.341. The van der Waals surface area contributed by atoms with Crippen molar-refractivity contribution in [3.05, 3.63) is 11.9 Å². The highest BCUT2D eigenvalue weighted by Gasteiger charge is 2.38. The van der Waals surface area contributed by atoms with E-state index >= 15 is 0 Å². The minimum atomic E-state index is -4.62. The zero-order valence-corrected chi connectivity index (χ0v) is 11.1. The van der Waals surface area contributed by atoms with Crippen LogP contribution in [0.3, 0.4) is 0 Å². The van der Waals surface area contributed by atoms with Crippen LogP contribution < -0.4 is 5.32 Å². The SMILES string of the molecule is CN1CCOC(C(=O)Nc2cn(C)nc2C(F)(F)F)C1. The van der Waals surface area contributed by atoms with Crippen LogP contribution in [0.5, 0.6) is 0 Å². The molecule has 1 aliphatic heterocycles. The lowest BCUT2D eigenvalue weighted by Gasteiger charge is -2.29. The Morgan fingerprint density at radius 2 is 2.20 bits per heavy atom. The number of hydrogen-bond acceptors (Lipinski definition) is 4. The van der Waals surface area contributed by atoms with Gasteiger partial charge in [0.25, 0.3) is 5.91 Å². The third kappa shape index (κ3) is 3.28. The molecule has 1 aromatic rings. The van der Waals surface area contributed by atoms with Gasteiger partial charge in [0.05, 0.1) is 12.3 Å². The summed E-state index contributed by atoms with van der Waals surface area (Å²) in [5.41, 5.74) is -1.47. The second kappa shape index (κ2) is 5.41. The maximum absolute atomic E-state index is 12.7. The summed E-state index contributed by atoms with van der Waals surface area (Å²) in [7, 11) is 3.17. The highest BCUT2D eigenvalue weighted by Crippen LogP contribution is 2.33. The standard InChI is InChI=1S/C11H15F3N4O2/c1-17-3-4-20-8(6-17)10(19)15-7-5-18(2)16-9(7)11(12,13)14/h5,8H,3-4,6H2,1-2H3,(H,15,19). The Balaban J connectivity index is 2.12. The molecule has 2 rings (SSSR count). The van der Waals surface area contributed by atoms with Gasteiger partial charge in [0, 0.05) is 26.3 Å². The molecule has 0 aromatic carbocycles. The summed E-state index contributed by atoms with van der Waals surface area (Å²) in [4.78, 5) is 13.8. The first-order chi connectivity index (χ1) is 9.27. The molecule has 0 spiro atoms. The Morgan fingerprint density at radius 1 is 1.50 bits per heavy atom. The lowest BCUT2D eigenvalue weighted by molar-refractivity contribution is -0.141. The summed E-state index contributed by atoms with van der Waals surface area (Å²) in [5, 5.41) is 5.55. The second-order valence-corrected chi connectivity index (χ2v) is 4.67. The molecule has 6 nitrogen and oxygen atoms in total. The van der Waals surface area contributed by atoms with E-state index in [1.165, 1.54) is 7.05 Å². The van der Waals surface area contributed by atoms with Crippen LogP contribution in [0.15, 0.2) is 6.20 Å². The molecule has 1 N–H and O–H groups in total. The van der Waals surface area contributed by atoms with Crippen molar-refractivity contribution < 1.29 is 22.7 Å². The number of nitrogens with zero attached hydrogens (tertiary/aromatic N) is 3. The molecule has 1 aromatic heterocycles. The number of likely N-dealkylation sites (N-methyl/N-ethyl adjacent to an activating group) is 1. The Bertz CT molecular complexity index is 500. The van der Waals surface area contributed by atoms with E-state index in [1.54, 1.807) is 0 Å². The summed E-state index contributed by atoms with van der Waals surface area (Å²) in [5.74, 6) is -0.602. The number of nitrogens with one attached hydrogen (secondary N) is 1. The molecule has 112 valence electrons. The van der Waals surface area contributed by atoms with Gasteiger partial charge >= 0.3 is 6.18 Å². The summed E-state index contributed by atoms with van der Waals surface area (Å²) in [6.45, 7) is 1.39. The first-order valence-corrected chi connectivity index (χ1v) is 5.99. The Labute approximate surface area is 113 Å². The van der Waals surface area contributed by atoms with Crippen molar-refractivity contribution in [1.29, 1.82) is 0 Å². The molecule has 9 heteroatoms. The Morgan fingerprint density at radius 3 is 2.80 bits per heavy atom. The number of carbonyl (C=O) groups is 1. The normalized spacial score (nSPS) is 20.9. The molecule has 1 atom stereocenters. The highest BCUT2D eigenvalue weighted by molar-refractivity contribution is 5.94. The smallest absolute Gasteiger partial charge is 0.366 e. The van der Waals surface area contributed by atoms with E-state index in [0.29, 0.717) is 19.7 Å². The maximum atomic E-state index is 12.7. The number of aryl methyl sites for hydroxylation is 1. The lowest BCUT2D eigenvalue weighted by Crippen LogP contribution is -2.46. The van der Waals surface area contributed by atoms with Gasteiger partial charge in [-0.1, -0.05) is 0 Å². The average Bonchev–Trinajstić information content (AvgIpc) is 2.70. The van der Waals surface area contributed by atoms with Gasteiger partial charge < -0.3 is 15.0 Å². The van der Waals surface area contributed by atoms with E-state index in [-0.39, 0.29) is 5.69 Å². The van der Waals surface area contributed by atoms with Crippen LogP contribution in [0.25, 0.3) is 0 Å². The second-order valence-electron chi connectivity index (χ2n) is 4.67. The predicted molar refractivity (Wildman–Crippen MR) is 64.1 cm³/mol. The molecular weight excluding hydrogens is 277 g/mol. The summed E-state index contributed by atoms with van der Waals surface area (Å²) in [6, 6.07) is 0.